The van der Waals surface area contributed by atoms with Gasteiger partial charge < -0.3 is 10.1 Å². The second-order valence-electron chi connectivity index (χ2n) is 4.26. The number of halogens is 1. The smallest absolute Gasteiger partial charge is 0.325 e. The van der Waals surface area contributed by atoms with Crippen LogP contribution in [0.15, 0.2) is 24.3 Å². The molecule has 0 saturated heterocycles. The van der Waals surface area contributed by atoms with Gasteiger partial charge in [0.2, 0.25) is 0 Å². The zero-order valence-electron chi connectivity index (χ0n) is 9.62. The molecule has 0 bridgehead atoms. The van der Waals surface area contributed by atoms with Crippen molar-refractivity contribution in [3.8, 4) is 0 Å². The summed E-state index contributed by atoms with van der Waals surface area (Å²) in [6.07, 6.45) is 4.49. The molecule has 1 aromatic carbocycles. The van der Waals surface area contributed by atoms with E-state index in [4.69, 9.17) is 16.3 Å². The van der Waals surface area contributed by atoms with Gasteiger partial charge in [-0.1, -0.05) is 11.6 Å². The Labute approximate surface area is 106 Å². The van der Waals surface area contributed by atoms with Gasteiger partial charge in [-0.05, 0) is 49.9 Å². The standard InChI is InChI=1S/C13H16ClNO2/c14-10-5-7-11(8-6-10)15-9-13(16)17-12-3-1-2-4-12/h5-8,12,15H,1-4,9H2. The summed E-state index contributed by atoms with van der Waals surface area (Å²) in [6.45, 7) is 0.206. The number of benzene rings is 1. The van der Waals surface area contributed by atoms with Crippen LogP contribution in [0.5, 0.6) is 0 Å². The summed E-state index contributed by atoms with van der Waals surface area (Å²) < 4.78 is 5.33. The lowest BCUT2D eigenvalue weighted by molar-refractivity contribution is -0.146. The van der Waals surface area contributed by atoms with Crippen LogP contribution in [-0.4, -0.2) is 18.6 Å². The second kappa shape index (κ2) is 5.92. The lowest BCUT2D eigenvalue weighted by Gasteiger charge is -2.12. The molecule has 0 unspecified atom stereocenters. The molecule has 92 valence electrons. The van der Waals surface area contributed by atoms with Crippen molar-refractivity contribution in [3.63, 3.8) is 0 Å². The third-order valence-corrected chi connectivity index (χ3v) is 3.13. The maximum absolute atomic E-state index is 11.5. The predicted molar refractivity (Wildman–Crippen MR) is 68.3 cm³/mol. The predicted octanol–water partition coefficient (Wildman–Crippen LogP) is 3.24. The number of hydrogen-bond acceptors (Lipinski definition) is 3. The van der Waals surface area contributed by atoms with E-state index in [2.05, 4.69) is 5.32 Å². The topological polar surface area (TPSA) is 38.3 Å². The number of nitrogens with one attached hydrogen (secondary N) is 1. The number of hydrogen-bond donors (Lipinski definition) is 1. The molecule has 3 nitrogen and oxygen atoms in total. The summed E-state index contributed by atoms with van der Waals surface area (Å²) in [4.78, 5) is 11.5. The van der Waals surface area contributed by atoms with E-state index in [1.54, 1.807) is 12.1 Å². The fourth-order valence-electron chi connectivity index (χ4n) is 1.98. The van der Waals surface area contributed by atoms with Crippen molar-refractivity contribution in [1.82, 2.24) is 0 Å². The van der Waals surface area contributed by atoms with Crippen LogP contribution >= 0.6 is 11.6 Å². The van der Waals surface area contributed by atoms with Crippen LogP contribution in [0.3, 0.4) is 0 Å². The van der Waals surface area contributed by atoms with Gasteiger partial charge in [-0.15, -0.1) is 0 Å². The van der Waals surface area contributed by atoms with Crippen molar-refractivity contribution in [2.24, 2.45) is 0 Å². The van der Waals surface area contributed by atoms with E-state index in [0.29, 0.717) is 5.02 Å². The van der Waals surface area contributed by atoms with Crippen molar-refractivity contribution in [3.05, 3.63) is 29.3 Å². The van der Waals surface area contributed by atoms with Gasteiger partial charge in [-0.25, -0.2) is 0 Å². The van der Waals surface area contributed by atoms with Crippen molar-refractivity contribution < 1.29 is 9.53 Å². The van der Waals surface area contributed by atoms with Crippen LogP contribution < -0.4 is 5.32 Å². The SMILES string of the molecule is O=C(CNc1ccc(Cl)cc1)OC1CCCC1. The van der Waals surface area contributed by atoms with Crippen molar-refractivity contribution in [2.75, 3.05) is 11.9 Å². The van der Waals surface area contributed by atoms with Gasteiger partial charge in [0.25, 0.3) is 0 Å². The van der Waals surface area contributed by atoms with Gasteiger partial charge in [0, 0.05) is 10.7 Å². The Morgan fingerprint density at radius 3 is 2.59 bits per heavy atom. The van der Waals surface area contributed by atoms with Crippen LogP contribution in [-0.2, 0) is 9.53 Å². The molecule has 2 rings (SSSR count). The van der Waals surface area contributed by atoms with E-state index in [1.165, 1.54) is 12.8 Å². The van der Waals surface area contributed by atoms with Gasteiger partial charge in [0.05, 0.1) is 0 Å². The minimum atomic E-state index is -0.188. The number of anilines is 1. The van der Waals surface area contributed by atoms with Crippen LogP contribution in [0.1, 0.15) is 25.7 Å². The lowest BCUT2D eigenvalue weighted by atomic mass is 10.3. The molecule has 0 radical (unpaired) electrons. The van der Waals surface area contributed by atoms with E-state index >= 15 is 0 Å². The fourth-order valence-corrected chi connectivity index (χ4v) is 2.10. The summed E-state index contributed by atoms with van der Waals surface area (Å²) in [5.41, 5.74) is 0.873. The van der Waals surface area contributed by atoms with Crippen LogP contribution in [0.2, 0.25) is 5.02 Å². The maximum Gasteiger partial charge on any atom is 0.325 e. The molecule has 4 heteroatoms. The molecule has 0 amide bonds. The molecule has 0 aromatic heterocycles. The highest BCUT2D eigenvalue weighted by Crippen LogP contribution is 2.21. The van der Waals surface area contributed by atoms with Gasteiger partial charge in [-0.2, -0.15) is 0 Å². The summed E-state index contributed by atoms with van der Waals surface area (Å²) in [5, 5.41) is 3.70. The summed E-state index contributed by atoms with van der Waals surface area (Å²) in [7, 11) is 0. The Morgan fingerprint density at radius 2 is 1.94 bits per heavy atom. The highest BCUT2D eigenvalue weighted by atomic mass is 35.5. The molecule has 1 aliphatic rings. The van der Waals surface area contributed by atoms with Gasteiger partial charge >= 0.3 is 5.97 Å². The van der Waals surface area contributed by atoms with E-state index in [-0.39, 0.29) is 18.6 Å². The van der Waals surface area contributed by atoms with E-state index < -0.39 is 0 Å². The van der Waals surface area contributed by atoms with Gasteiger partial charge in [-0.3, -0.25) is 4.79 Å². The molecule has 1 saturated carbocycles. The maximum atomic E-state index is 11.5. The van der Waals surface area contributed by atoms with E-state index in [0.717, 1.165) is 18.5 Å². The summed E-state index contributed by atoms with van der Waals surface area (Å²) in [6, 6.07) is 7.24. The highest BCUT2D eigenvalue weighted by molar-refractivity contribution is 6.30. The van der Waals surface area contributed by atoms with Gasteiger partial charge in [0.1, 0.15) is 12.6 Å². The van der Waals surface area contributed by atoms with Crippen LogP contribution in [0, 0.1) is 0 Å². The second-order valence-corrected chi connectivity index (χ2v) is 4.69. The Kier molecular flexibility index (Phi) is 4.26. The summed E-state index contributed by atoms with van der Waals surface area (Å²) in [5.74, 6) is -0.188. The van der Waals surface area contributed by atoms with E-state index in [9.17, 15) is 4.79 Å². The zero-order chi connectivity index (χ0) is 12.1. The van der Waals surface area contributed by atoms with E-state index in [1.807, 2.05) is 12.1 Å². The molecule has 1 N–H and O–H groups in total. The molecule has 1 fully saturated rings. The molecule has 0 aliphatic heterocycles. The third kappa shape index (κ3) is 3.93. The first-order chi connectivity index (χ1) is 8.24. The van der Waals surface area contributed by atoms with Crippen molar-refractivity contribution >= 4 is 23.3 Å². The summed E-state index contributed by atoms with van der Waals surface area (Å²) >= 11 is 5.77. The number of ether oxygens (including phenoxy) is 1. The number of carbonyl (C=O) groups is 1. The monoisotopic (exact) mass is 253 g/mol. The van der Waals surface area contributed by atoms with Crippen LogP contribution in [0.25, 0.3) is 0 Å². The Bertz CT molecular complexity index is 372. The highest BCUT2D eigenvalue weighted by Gasteiger charge is 2.18. The quantitative estimate of drug-likeness (QED) is 0.838. The first-order valence-electron chi connectivity index (χ1n) is 5.93. The Hall–Kier alpha value is -1.22. The van der Waals surface area contributed by atoms with Crippen molar-refractivity contribution in [1.29, 1.82) is 0 Å². The molecule has 17 heavy (non-hydrogen) atoms. The molecular weight excluding hydrogens is 238 g/mol. The largest absolute Gasteiger partial charge is 0.461 e. The minimum Gasteiger partial charge on any atom is -0.461 e. The molecule has 0 heterocycles. The lowest BCUT2D eigenvalue weighted by Crippen LogP contribution is -2.21. The number of carbonyl (C=O) groups excluding carboxylic acids is 1. The molecule has 1 aromatic rings. The number of esters is 1. The molecule has 1 aliphatic carbocycles. The van der Waals surface area contributed by atoms with Gasteiger partial charge in [0.15, 0.2) is 0 Å². The normalized spacial score (nSPS) is 15.8. The average Bonchev–Trinajstić information content (AvgIpc) is 2.81. The van der Waals surface area contributed by atoms with Crippen LogP contribution in [0.4, 0.5) is 5.69 Å². The Balaban J connectivity index is 1.73. The Morgan fingerprint density at radius 1 is 1.29 bits per heavy atom. The molecule has 0 spiro atoms. The first-order valence-corrected chi connectivity index (χ1v) is 6.31. The number of rotatable bonds is 4. The van der Waals surface area contributed by atoms with Crippen molar-refractivity contribution in [2.45, 2.75) is 31.8 Å². The molecular formula is C13H16ClNO2. The minimum absolute atomic E-state index is 0.134. The first kappa shape index (κ1) is 12.2. The average molecular weight is 254 g/mol. The third-order valence-electron chi connectivity index (χ3n) is 2.88. The zero-order valence-corrected chi connectivity index (χ0v) is 10.4. The molecule has 0 atom stereocenters. The fraction of sp³-hybridized carbons (Fsp3) is 0.462.